The first-order valence-corrected chi connectivity index (χ1v) is 9.97. The number of hydrogen-bond donors (Lipinski definition) is 3. The van der Waals surface area contributed by atoms with E-state index in [0.29, 0.717) is 32.4 Å². The van der Waals surface area contributed by atoms with E-state index in [0.717, 1.165) is 12.0 Å². The molecule has 0 heterocycles. The maximum absolute atomic E-state index is 13.0. The summed E-state index contributed by atoms with van der Waals surface area (Å²) in [5.41, 5.74) is 6.57. The fourth-order valence-corrected chi connectivity index (χ4v) is 2.87. The van der Waals surface area contributed by atoms with Crippen LogP contribution in [0.15, 0.2) is 43.0 Å². The summed E-state index contributed by atoms with van der Waals surface area (Å²) in [4.78, 5) is 38.1. The zero-order chi connectivity index (χ0) is 21.6. The Morgan fingerprint density at radius 3 is 2.52 bits per heavy atom. The van der Waals surface area contributed by atoms with Gasteiger partial charge < -0.3 is 21.3 Å². The van der Waals surface area contributed by atoms with Crippen LogP contribution < -0.4 is 16.4 Å². The molecule has 0 unspecified atom stereocenters. The Balaban J connectivity index is 2.92. The smallest absolute Gasteiger partial charge is 0.245 e. The molecular weight excluding hydrogens is 368 g/mol. The van der Waals surface area contributed by atoms with Gasteiger partial charge >= 0.3 is 0 Å². The number of amides is 2. The standard InChI is InChI=1S/C22H33N4O3/c1-4-14-24-20(15-18-10-6-5-7-11-18)21(28)25-19(12-8-9-13-23)22(29)26(3)17(2)16-27/h4-7,10-11,17,19-20,24H,1,8-9,12-15,23H2,2-3H3,(H,25,28)/t17-,19-,20-/m0/s1. The Morgan fingerprint density at radius 2 is 1.93 bits per heavy atom. The minimum Gasteiger partial charge on any atom is -0.343 e. The molecule has 2 amide bonds. The van der Waals surface area contributed by atoms with E-state index in [1.807, 2.05) is 30.3 Å². The van der Waals surface area contributed by atoms with E-state index in [-0.39, 0.29) is 11.8 Å². The zero-order valence-electron chi connectivity index (χ0n) is 17.4. The van der Waals surface area contributed by atoms with Gasteiger partial charge in [-0.25, -0.2) is 0 Å². The molecule has 1 aromatic rings. The fourth-order valence-electron chi connectivity index (χ4n) is 2.87. The second kappa shape index (κ2) is 13.6. The average Bonchev–Trinajstić information content (AvgIpc) is 2.74. The van der Waals surface area contributed by atoms with Gasteiger partial charge in [-0.15, -0.1) is 6.58 Å². The Labute approximate surface area is 173 Å². The van der Waals surface area contributed by atoms with E-state index in [9.17, 15) is 14.4 Å². The topological polar surface area (TPSA) is 105 Å². The SMILES string of the molecule is C=CCN[C@@H](Cc1ccccc1)C(=O)N[C@@H](CCCCN)C(=O)N(C)[C@@H](C)[C]=O. The van der Waals surface area contributed by atoms with Crippen molar-refractivity contribution < 1.29 is 14.4 Å². The van der Waals surface area contributed by atoms with E-state index >= 15 is 0 Å². The van der Waals surface area contributed by atoms with Gasteiger partial charge in [0, 0.05) is 13.6 Å². The van der Waals surface area contributed by atoms with Crippen molar-refractivity contribution in [3.8, 4) is 0 Å². The molecule has 0 aliphatic heterocycles. The molecule has 0 aliphatic carbocycles. The molecule has 3 atom stereocenters. The average molecular weight is 402 g/mol. The molecule has 1 radical (unpaired) electrons. The summed E-state index contributed by atoms with van der Waals surface area (Å²) in [6, 6.07) is 7.74. The largest absolute Gasteiger partial charge is 0.343 e. The minimum atomic E-state index is -0.723. The van der Waals surface area contributed by atoms with Crippen LogP contribution >= 0.6 is 0 Å². The first kappa shape index (κ1) is 24.5. The Morgan fingerprint density at radius 1 is 1.24 bits per heavy atom. The van der Waals surface area contributed by atoms with Crippen molar-refractivity contribution >= 4 is 18.1 Å². The van der Waals surface area contributed by atoms with Crippen LogP contribution in [0.2, 0.25) is 0 Å². The van der Waals surface area contributed by atoms with Gasteiger partial charge in [-0.2, -0.15) is 0 Å². The summed E-state index contributed by atoms with van der Waals surface area (Å²) in [5, 5.41) is 6.02. The lowest BCUT2D eigenvalue weighted by molar-refractivity contribution is -0.136. The lowest BCUT2D eigenvalue weighted by Crippen LogP contribution is -2.54. The number of unbranched alkanes of at least 4 members (excludes halogenated alkanes) is 1. The van der Waals surface area contributed by atoms with Gasteiger partial charge in [0.2, 0.25) is 18.1 Å². The van der Waals surface area contributed by atoms with Crippen LogP contribution in [0, 0.1) is 0 Å². The minimum absolute atomic E-state index is 0.266. The molecular formula is C22H33N4O3. The van der Waals surface area contributed by atoms with Crippen LogP contribution in [0.3, 0.4) is 0 Å². The van der Waals surface area contributed by atoms with Gasteiger partial charge in [0.25, 0.3) is 0 Å². The predicted molar refractivity (Wildman–Crippen MR) is 115 cm³/mol. The lowest BCUT2D eigenvalue weighted by Gasteiger charge is -2.28. The van der Waals surface area contributed by atoms with Crippen molar-refractivity contribution in [2.24, 2.45) is 5.73 Å². The Kier molecular flexibility index (Phi) is 11.5. The quantitative estimate of drug-likeness (QED) is 0.318. The van der Waals surface area contributed by atoms with Crippen molar-refractivity contribution in [3.05, 3.63) is 48.6 Å². The summed E-state index contributed by atoms with van der Waals surface area (Å²) in [7, 11) is 1.54. The highest BCUT2D eigenvalue weighted by molar-refractivity contribution is 5.90. The molecule has 7 heteroatoms. The number of nitrogens with one attached hydrogen (secondary N) is 2. The Bertz CT molecular complexity index is 651. The summed E-state index contributed by atoms with van der Waals surface area (Å²) < 4.78 is 0. The van der Waals surface area contributed by atoms with Crippen molar-refractivity contribution in [1.29, 1.82) is 0 Å². The predicted octanol–water partition coefficient (Wildman–Crippen LogP) is 0.944. The van der Waals surface area contributed by atoms with Crippen molar-refractivity contribution in [1.82, 2.24) is 15.5 Å². The molecule has 1 rings (SSSR count). The van der Waals surface area contributed by atoms with E-state index in [1.165, 1.54) is 11.9 Å². The van der Waals surface area contributed by atoms with Gasteiger partial charge in [0.15, 0.2) is 0 Å². The summed E-state index contributed by atoms with van der Waals surface area (Å²) in [6.07, 6.45) is 5.88. The van der Waals surface area contributed by atoms with Crippen LogP contribution in [0.25, 0.3) is 0 Å². The van der Waals surface area contributed by atoms with E-state index in [2.05, 4.69) is 17.2 Å². The van der Waals surface area contributed by atoms with E-state index in [4.69, 9.17) is 5.73 Å². The van der Waals surface area contributed by atoms with Crippen molar-refractivity contribution in [3.63, 3.8) is 0 Å². The van der Waals surface area contributed by atoms with Crippen molar-refractivity contribution in [2.45, 2.75) is 50.7 Å². The van der Waals surface area contributed by atoms with Crippen LogP contribution in [0.1, 0.15) is 31.7 Å². The maximum Gasteiger partial charge on any atom is 0.245 e. The summed E-state index contributed by atoms with van der Waals surface area (Å²) in [5.74, 6) is -0.577. The molecule has 0 saturated heterocycles. The van der Waals surface area contributed by atoms with Gasteiger partial charge in [-0.05, 0) is 44.7 Å². The van der Waals surface area contributed by atoms with Gasteiger partial charge in [0.05, 0.1) is 12.1 Å². The van der Waals surface area contributed by atoms with Crippen LogP contribution in [0.5, 0.6) is 0 Å². The molecule has 159 valence electrons. The van der Waals surface area contributed by atoms with Gasteiger partial charge in [-0.1, -0.05) is 36.4 Å². The van der Waals surface area contributed by atoms with Gasteiger partial charge in [0.1, 0.15) is 6.04 Å². The van der Waals surface area contributed by atoms with Crippen LogP contribution in [0.4, 0.5) is 0 Å². The molecule has 0 aromatic heterocycles. The molecule has 29 heavy (non-hydrogen) atoms. The second-order valence-corrected chi connectivity index (χ2v) is 7.03. The van der Waals surface area contributed by atoms with Crippen LogP contribution in [-0.4, -0.2) is 61.3 Å². The number of carbonyl (C=O) groups is 2. The lowest BCUT2D eigenvalue weighted by atomic mass is 10.0. The van der Waals surface area contributed by atoms with Crippen LogP contribution in [-0.2, 0) is 20.8 Å². The third-order valence-corrected chi connectivity index (χ3v) is 4.77. The second-order valence-electron chi connectivity index (χ2n) is 7.03. The highest BCUT2D eigenvalue weighted by Crippen LogP contribution is 2.09. The maximum atomic E-state index is 13.0. The third kappa shape index (κ3) is 8.58. The molecule has 4 N–H and O–H groups in total. The fraction of sp³-hybridized carbons (Fsp3) is 0.500. The molecule has 7 nitrogen and oxygen atoms in total. The molecule has 1 aromatic carbocycles. The molecule has 0 bridgehead atoms. The van der Waals surface area contributed by atoms with E-state index < -0.39 is 18.1 Å². The molecule has 0 saturated carbocycles. The summed E-state index contributed by atoms with van der Waals surface area (Å²) in [6.45, 7) is 6.26. The van der Waals surface area contributed by atoms with Crippen molar-refractivity contribution in [2.75, 3.05) is 20.1 Å². The number of hydrogen-bond acceptors (Lipinski definition) is 5. The zero-order valence-corrected chi connectivity index (χ0v) is 17.4. The number of rotatable bonds is 14. The number of benzene rings is 1. The molecule has 0 fully saturated rings. The third-order valence-electron chi connectivity index (χ3n) is 4.77. The number of carbonyl (C=O) groups excluding carboxylic acids is 3. The highest BCUT2D eigenvalue weighted by atomic mass is 16.2. The number of nitrogens with two attached hydrogens (primary N) is 1. The van der Waals surface area contributed by atoms with E-state index in [1.54, 1.807) is 19.3 Å². The first-order valence-electron chi connectivity index (χ1n) is 9.97. The first-order chi connectivity index (χ1) is 13.9. The normalized spacial score (nSPS) is 13.8. The Hall–Kier alpha value is -2.51. The number of nitrogens with zero attached hydrogens (tertiary/aromatic N) is 1. The molecule has 0 spiro atoms. The monoisotopic (exact) mass is 401 g/mol. The molecule has 0 aliphatic rings. The highest BCUT2D eigenvalue weighted by Gasteiger charge is 2.29. The number of likely N-dealkylation sites (N-methyl/N-ethyl adjacent to an activating group) is 1. The summed E-state index contributed by atoms with van der Waals surface area (Å²) >= 11 is 0. The van der Waals surface area contributed by atoms with Gasteiger partial charge in [-0.3, -0.25) is 14.4 Å².